The molecule has 0 spiro atoms. The maximum absolute atomic E-state index is 13.0. The highest BCUT2D eigenvalue weighted by atomic mass is 19.4. The Balaban J connectivity index is 3.47. The SMILES string of the molecule is CCCCNc1c([N+](=O)[O-])cc([N+](=O)[O-])cc1C(F)(F)F. The van der Waals surface area contributed by atoms with E-state index in [9.17, 15) is 33.4 Å². The third-order valence-electron chi connectivity index (χ3n) is 2.65. The highest BCUT2D eigenvalue weighted by molar-refractivity contribution is 5.71. The molecule has 0 aliphatic carbocycles. The Morgan fingerprint density at radius 2 is 1.81 bits per heavy atom. The number of nitro groups is 2. The number of non-ortho nitro benzene ring substituents is 1. The molecular formula is C11H12F3N3O4. The van der Waals surface area contributed by atoms with Crippen LogP contribution in [0.4, 0.5) is 30.2 Å². The summed E-state index contributed by atoms with van der Waals surface area (Å²) in [7, 11) is 0. The Labute approximate surface area is 117 Å². The average Bonchev–Trinajstić information content (AvgIpc) is 2.37. The second-order valence-electron chi connectivity index (χ2n) is 4.18. The Bertz CT molecular complexity index is 560. The summed E-state index contributed by atoms with van der Waals surface area (Å²) in [5.41, 5.74) is -4.10. The molecule has 0 atom stereocenters. The van der Waals surface area contributed by atoms with Crippen LogP contribution in [0.2, 0.25) is 0 Å². The monoisotopic (exact) mass is 307 g/mol. The van der Waals surface area contributed by atoms with E-state index >= 15 is 0 Å². The van der Waals surface area contributed by atoms with Crippen molar-refractivity contribution in [3.05, 3.63) is 37.9 Å². The van der Waals surface area contributed by atoms with Gasteiger partial charge in [0.15, 0.2) is 0 Å². The van der Waals surface area contributed by atoms with E-state index < -0.39 is 38.6 Å². The molecular weight excluding hydrogens is 295 g/mol. The van der Waals surface area contributed by atoms with Crippen LogP contribution < -0.4 is 5.32 Å². The Morgan fingerprint density at radius 1 is 1.19 bits per heavy atom. The van der Waals surface area contributed by atoms with Gasteiger partial charge in [-0.2, -0.15) is 13.2 Å². The van der Waals surface area contributed by atoms with Gasteiger partial charge in [0, 0.05) is 12.6 Å². The first-order valence-electron chi connectivity index (χ1n) is 5.96. The van der Waals surface area contributed by atoms with Gasteiger partial charge in [0.1, 0.15) is 5.69 Å². The van der Waals surface area contributed by atoms with Crippen molar-refractivity contribution in [3.63, 3.8) is 0 Å². The second kappa shape index (κ2) is 6.37. The van der Waals surface area contributed by atoms with Gasteiger partial charge in [-0.1, -0.05) is 13.3 Å². The number of benzene rings is 1. The minimum Gasteiger partial charge on any atom is -0.379 e. The van der Waals surface area contributed by atoms with E-state index in [4.69, 9.17) is 0 Å². The van der Waals surface area contributed by atoms with Crippen LogP contribution in [-0.4, -0.2) is 16.4 Å². The fourth-order valence-corrected chi connectivity index (χ4v) is 1.66. The summed E-state index contributed by atoms with van der Waals surface area (Å²) in [6.45, 7) is 1.90. The first-order chi connectivity index (χ1) is 9.68. The highest BCUT2D eigenvalue weighted by Crippen LogP contribution is 2.42. The van der Waals surface area contributed by atoms with Crippen molar-refractivity contribution in [1.82, 2.24) is 0 Å². The zero-order valence-electron chi connectivity index (χ0n) is 10.9. The van der Waals surface area contributed by atoms with Gasteiger partial charge in [0.2, 0.25) is 0 Å². The van der Waals surface area contributed by atoms with Crippen LogP contribution in [0, 0.1) is 20.2 Å². The molecule has 0 saturated carbocycles. The van der Waals surface area contributed by atoms with Crippen LogP contribution in [-0.2, 0) is 6.18 Å². The predicted molar refractivity (Wildman–Crippen MR) is 68.2 cm³/mol. The molecule has 0 saturated heterocycles. The maximum Gasteiger partial charge on any atom is 0.418 e. The third kappa shape index (κ3) is 4.04. The lowest BCUT2D eigenvalue weighted by Gasteiger charge is -2.14. The Kier molecular flexibility index (Phi) is 5.06. The van der Waals surface area contributed by atoms with E-state index in [1.165, 1.54) is 0 Å². The van der Waals surface area contributed by atoms with Gasteiger partial charge in [0.05, 0.1) is 21.5 Å². The largest absolute Gasteiger partial charge is 0.418 e. The number of hydrogen-bond donors (Lipinski definition) is 1. The van der Waals surface area contributed by atoms with E-state index in [-0.39, 0.29) is 6.54 Å². The quantitative estimate of drug-likeness (QED) is 0.490. The molecule has 21 heavy (non-hydrogen) atoms. The number of halogens is 3. The molecule has 1 rings (SSSR count). The topological polar surface area (TPSA) is 98.3 Å². The van der Waals surface area contributed by atoms with Gasteiger partial charge in [-0.25, -0.2) is 0 Å². The minimum atomic E-state index is -4.94. The summed E-state index contributed by atoms with van der Waals surface area (Å²) in [4.78, 5) is 19.3. The number of alkyl halides is 3. The molecule has 116 valence electrons. The zero-order chi connectivity index (χ0) is 16.2. The summed E-state index contributed by atoms with van der Waals surface area (Å²) in [6.07, 6.45) is -3.76. The standard InChI is InChI=1S/C11H12F3N3O4/c1-2-3-4-15-10-8(11(12,13)14)5-7(16(18)19)6-9(10)17(20)21/h5-6,15H,2-4H2,1H3. The lowest BCUT2D eigenvalue weighted by atomic mass is 10.1. The first kappa shape index (κ1) is 16.7. The van der Waals surface area contributed by atoms with Crippen LogP contribution in [0.25, 0.3) is 0 Å². The van der Waals surface area contributed by atoms with Crippen molar-refractivity contribution in [2.75, 3.05) is 11.9 Å². The van der Waals surface area contributed by atoms with Crippen LogP contribution in [0.15, 0.2) is 12.1 Å². The third-order valence-corrected chi connectivity index (χ3v) is 2.65. The van der Waals surface area contributed by atoms with Crippen molar-refractivity contribution >= 4 is 17.1 Å². The minimum absolute atomic E-state index is 0.0955. The summed E-state index contributed by atoms with van der Waals surface area (Å²) < 4.78 is 38.9. The fraction of sp³-hybridized carbons (Fsp3) is 0.455. The molecule has 1 aromatic carbocycles. The van der Waals surface area contributed by atoms with Gasteiger partial charge in [-0.05, 0) is 6.42 Å². The molecule has 0 unspecified atom stereocenters. The molecule has 0 aromatic heterocycles. The lowest BCUT2D eigenvalue weighted by molar-refractivity contribution is -0.394. The molecule has 10 heteroatoms. The van der Waals surface area contributed by atoms with Gasteiger partial charge in [-0.15, -0.1) is 0 Å². The van der Waals surface area contributed by atoms with Gasteiger partial charge in [-0.3, -0.25) is 20.2 Å². The zero-order valence-corrected chi connectivity index (χ0v) is 10.9. The van der Waals surface area contributed by atoms with Crippen molar-refractivity contribution in [2.24, 2.45) is 0 Å². The van der Waals surface area contributed by atoms with Crippen molar-refractivity contribution in [2.45, 2.75) is 25.9 Å². The van der Waals surface area contributed by atoms with Crippen LogP contribution >= 0.6 is 0 Å². The van der Waals surface area contributed by atoms with Crippen molar-refractivity contribution < 1.29 is 23.0 Å². The number of nitrogens with one attached hydrogen (secondary N) is 1. The molecule has 0 radical (unpaired) electrons. The summed E-state index contributed by atoms with van der Waals surface area (Å²) in [6, 6.07) is 0.810. The molecule has 1 N–H and O–H groups in total. The normalized spacial score (nSPS) is 11.2. The Hall–Kier alpha value is -2.39. The van der Waals surface area contributed by atoms with E-state index in [2.05, 4.69) is 5.32 Å². The lowest BCUT2D eigenvalue weighted by Crippen LogP contribution is -2.14. The van der Waals surface area contributed by atoms with E-state index in [1.807, 2.05) is 0 Å². The second-order valence-corrected chi connectivity index (χ2v) is 4.18. The Morgan fingerprint density at radius 3 is 2.24 bits per heavy atom. The maximum atomic E-state index is 13.0. The number of rotatable bonds is 6. The highest BCUT2D eigenvalue weighted by Gasteiger charge is 2.39. The fourth-order valence-electron chi connectivity index (χ4n) is 1.66. The molecule has 7 nitrogen and oxygen atoms in total. The number of unbranched alkanes of at least 4 members (excludes halogenated alkanes) is 1. The van der Waals surface area contributed by atoms with Crippen LogP contribution in [0.5, 0.6) is 0 Å². The van der Waals surface area contributed by atoms with E-state index in [0.717, 1.165) is 0 Å². The number of nitro benzene ring substituents is 2. The molecule has 1 aromatic rings. The summed E-state index contributed by atoms with van der Waals surface area (Å²) in [5.74, 6) is 0. The van der Waals surface area contributed by atoms with Crippen molar-refractivity contribution in [3.8, 4) is 0 Å². The molecule has 0 bridgehead atoms. The predicted octanol–water partition coefficient (Wildman–Crippen LogP) is 3.73. The van der Waals surface area contributed by atoms with E-state index in [1.54, 1.807) is 6.92 Å². The number of nitrogens with zero attached hydrogens (tertiary/aromatic N) is 2. The van der Waals surface area contributed by atoms with Gasteiger partial charge in [0.25, 0.3) is 11.4 Å². The first-order valence-corrected chi connectivity index (χ1v) is 5.96. The summed E-state index contributed by atoms with van der Waals surface area (Å²) >= 11 is 0. The van der Waals surface area contributed by atoms with E-state index in [0.29, 0.717) is 25.0 Å². The molecule has 0 heterocycles. The average molecular weight is 307 g/mol. The van der Waals surface area contributed by atoms with Gasteiger partial charge >= 0.3 is 6.18 Å². The summed E-state index contributed by atoms with van der Waals surface area (Å²) in [5, 5.41) is 23.9. The molecule has 0 aliphatic heterocycles. The van der Waals surface area contributed by atoms with Gasteiger partial charge < -0.3 is 5.32 Å². The van der Waals surface area contributed by atoms with Crippen LogP contribution in [0.1, 0.15) is 25.3 Å². The molecule has 0 amide bonds. The van der Waals surface area contributed by atoms with Crippen LogP contribution in [0.3, 0.4) is 0 Å². The molecule has 0 aliphatic rings. The number of hydrogen-bond acceptors (Lipinski definition) is 5. The smallest absolute Gasteiger partial charge is 0.379 e. The van der Waals surface area contributed by atoms with Crippen molar-refractivity contribution in [1.29, 1.82) is 0 Å². The molecule has 0 fully saturated rings. The number of anilines is 1.